The Hall–Kier alpha value is -0.423. The van der Waals surface area contributed by atoms with Gasteiger partial charge >= 0.3 is 8.80 Å². The molecule has 1 aliphatic rings. The van der Waals surface area contributed by atoms with Crippen molar-refractivity contribution in [3.8, 4) is 0 Å². The highest BCUT2D eigenvalue weighted by Crippen LogP contribution is 2.31. The molecule has 0 unspecified atom stereocenters. The third-order valence-electron chi connectivity index (χ3n) is 2.99. The molecule has 3 nitrogen and oxygen atoms in total. The van der Waals surface area contributed by atoms with Gasteiger partial charge in [0, 0.05) is 25.0 Å². The SMILES string of the molecule is CCCO[Si](OCCC)(OCCC)C1=CCC=C1C. The van der Waals surface area contributed by atoms with Gasteiger partial charge in [-0.25, -0.2) is 0 Å². The van der Waals surface area contributed by atoms with Crippen LogP contribution >= 0.6 is 0 Å². The van der Waals surface area contributed by atoms with E-state index in [1.807, 2.05) is 0 Å². The molecule has 0 saturated heterocycles. The summed E-state index contributed by atoms with van der Waals surface area (Å²) in [7, 11) is -2.70. The first-order chi connectivity index (χ1) is 9.20. The lowest BCUT2D eigenvalue weighted by atomic mass is 10.3. The molecule has 19 heavy (non-hydrogen) atoms. The maximum atomic E-state index is 6.12. The lowest BCUT2D eigenvalue weighted by Gasteiger charge is -2.31. The van der Waals surface area contributed by atoms with E-state index in [1.165, 1.54) is 10.8 Å². The molecule has 1 aliphatic carbocycles. The predicted octanol–water partition coefficient (Wildman–Crippen LogP) is 4.02. The maximum Gasteiger partial charge on any atom is 0.537 e. The molecule has 0 saturated carbocycles. The van der Waals surface area contributed by atoms with Crippen LogP contribution in [0.25, 0.3) is 0 Å². The Labute approximate surface area is 119 Å². The van der Waals surface area contributed by atoms with Crippen molar-refractivity contribution in [1.82, 2.24) is 0 Å². The summed E-state index contributed by atoms with van der Waals surface area (Å²) in [5.41, 5.74) is 1.26. The van der Waals surface area contributed by atoms with E-state index in [4.69, 9.17) is 13.3 Å². The molecule has 0 aromatic heterocycles. The van der Waals surface area contributed by atoms with Gasteiger partial charge < -0.3 is 13.3 Å². The first-order valence-corrected chi connectivity index (χ1v) is 9.22. The van der Waals surface area contributed by atoms with Crippen LogP contribution in [0.2, 0.25) is 0 Å². The molecule has 0 bridgehead atoms. The first-order valence-electron chi connectivity index (χ1n) is 7.49. The van der Waals surface area contributed by atoms with Crippen LogP contribution in [0.5, 0.6) is 0 Å². The van der Waals surface area contributed by atoms with Crippen LogP contribution in [0.3, 0.4) is 0 Å². The quantitative estimate of drug-likeness (QED) is 0.567. The van der Waals surface area contributed by atoms with Gasteiger partial charge in [0.05, 0.1) is 0 Å². The Balaban J connectivity index is 2.91. The van der Waals surface area contributed by atoms with E-state index in [0.29, 0.717) is 19.8 Å². The van der Waals surface area contributed by atoms with E-state index in [-0.39, 0.29) is 0 Å². The summed E-state index contributed by atoms with van der Waals surface area (Å²) < 4.78 is 18.4. The summed E-state index contributed by atoms with van der Waals surface area (Å²) in [4.78, 5) is 0. The van der Waals surface area contributed by atoms with E-state index in [2.05, 4.69) is 39.8 Å². The number of rotatable bonds is 10. The molecule has 0 radical (unpaired) electrons. The van der Waals surface area contributed by atoms with Gasteiger partial charge in [0.1, 0.15) is 0 Å². The van der Waals surface area contributed by atoms with Gasteiger partial charge in [0.25, 0.3) is 0 Å². The Morgan fingerprint density at radius 1 is 0.895 bits per heavy atom. The fraction of sp³-hybridized carbons (Fsp3) is 0.733. The van der Waals surface area contributed by atoms with E-state index in [1.54, 1.807) is 0 Å². The fourth-order valence-electron chi connectivity index (χ4n) is 2.06. The molecule has 0 fully saturated rings. The van der Waals surface area contributed by atoms with Gasteiger partial charge in [-0.05, 0) is 38.2 Å². The molecular weight excluding hydrogens is 256 g/mol. The van der Waals surface area contributed by atoms with Gasteiger partial charge in [-0.15, -0.1) is 0 Å². The van der Waals surface area contributed by atoms with Gasteiger partial charge in [-0.2, -0.15) is 0 Å². The van der Waals surface area contributed by atoms with Crippen molar-refractivity contribution in [1.29, 1.82) is 0 Å². The summed E-state index contributed by atoms with van der Waals surface area (Å²) in [6.07, 6.45) is 8.34. The lowest BCUT2D eigenvalue weighted by molar-refractivity contribution is 0.0689. The van der Waals surface area contributed by atoms with Crippen molar-refractivity contribution in [3.63, 3.8) is 0 Å². The van der Waals surface area contributed by atoms with Crippen LogP contribution in [0.4, 0.5) is 0 Å². The van der Waals surface area contributed by atoms with Crippen LogP contribution in [0.15, 0.2) is 22.9 Å². The van der Waals surface area contributed by atoms with Crippen molar-refractivity contribution < 1.29 is 13.3 Å². The lowest BCUT2D eigenvalue weighted by Crippen LogP contribution is -2.49. The van der Waals surface area contributed by atoms with E-state index in [0.717, 1.165) is 25.7 Å². The van der Waals surface area contributed by atoms with Gasteiger partial charge in [-0.3, -0.25) is 0 Å². The largest absolute Gasteiger partial charge is 0.537 e. The third-order valence-corrected chi connectivity index (χ3v) is 6.00. The molecule has 4 heteroatoms. The Bertz CT molecular complexity index is 302. The normalized spacial score (nSPS) is 15.6. The molecule has 0 spiro atoms. The fourth-order valence-corrected chi connectivity index (χ4v) is 5.15. The second kappa shape index (κ2) is 8.69. The zero-order valence-electron chi connectivity index (χ0n) is 12.8. The average molecular weight is 284 g/mol. The minimum absolute atomic E-state index is 0.699. The smallest absolute Gasteiger partial charge is 0.370 e. The average Bonchev–Trinajstić information content (AvgIpc) is 2.85. The summed E-state index contributed by atoms with van der Waals surface area (Å²) in [6, 6.07) is 0. The standard InChI is InChI=1S/C15H28O3Si/c1-5-11-16-19(17-12-6-2,18-13-7-3)15-10-8-9-14(15)4/h9-10H,5-8,11-13H2,1-4H3. The van der Waals surface area contributed by atoms with Gasteiger partial charge in [0.2, 0.25) is 0 Å². The van der Waals surface area contributed by atoms with Crippen LogP contribution in [-0.2, 0) is 13.3 Å². The van der Waals surface area contributed by atoms with Crippen molar-refractivity contribution in [2.45, 2.75) is 53.4 Å². The van der Waals surface area contributed by atoms with Crippen LogP contribution < -0.4 is 0 Å². The number of allylic oxidation sites excluding steroid dienone is 4. The summed E-state index contributed by atoms with van der Waals surface area (Å²) in [5, 5.41) is 1.18. The Morgan fingerprint density at radius 3 is 1.68 bits per heavy atom. The van der Waals surface area contributed by atoms with Crippen molar-refractivity contribution in [2.24, 2.45) is 0 Å². The monoisotopic (exact) mass is 284 g/mol. The van der Waals surface area contributed by atoms with Crippen LogP contribution in [0, 0.1) is 0 Å². The first kappa shape index (κ1) is 16.6. The topological polar surface area (TPSA) is 27.7 Å². The molecule has 0 amide bonds. The molecule has 1 rings (SSSR count). The zero-order chi connectivity index (χ0) is 14.1. The molecule has 0 N–H and O–H groups in total. The predicted molar refractivity (Wildman–Crippen MR) is 80.9 cm³/mol. The highest BCUT2D eigenvalue weighted by molar-refractivity contribution is 6.70. The molecule has 0 atom stereocenters. The highest BCUT2D eigenvalue weighted by Gasteiger charge is 2.46. The summed E-state index contributed by atoms with van der Waals surface area (Å²) >= 11 is 0. The molecule has 110 valence electrons. The highest BCUT2D eigenvalue weighted by atomic mass is 28.4. The Kier molecular flexibility index (Phi) is 7.61. The van der Waals surface area contributed by atoms with Crippen molar-refractivity contribution in [3.05, 3.63) is 22.9 Å². The molecule has 0 aliphatic heterocycles. The second-order valence-corrected chi connectivity index (χ2v) is 7.36. The van der Waals surface area contributed by atoms with E-state index in [9.17, 15) is 0 Å². The van der Waals surface area contributed by atoms with Gasteiger partial charge in [0.15, 0.2) is 0 Å². The molecular formula is C15H28O3Si. The minimum Gasteiger partial charge on any atom is -0.370 e. The minimum atomic E-state index is -2.70. The number of hydrogen-bond donors (Lipinski definition) is 0. The third kappa shape index (κ3) is 4.56. The molecule has 0 aromatic carbocycles. The zero-order valence-corrected chi connectivity index (χ0v) is 13.8. The maximum absolute atomic E-state index is 6.12. The van der Waals surface area contributed by atoms with E-state index >= 15 is 0 Å². The van der Waals surface area contributed by atoms with Crippen LogP contribution in [-0.4, -0.2) is 28.6 Å². The van der Waals surface area contributed by atoms with Crippen molar-refractivity contribution in [2.75, 3.05) is 19.8 Å². The molecule has 0 aromatic rings. The van der Waals surface area contributed by atoms with E-state index < -0.39 is 8.80 Å². The van der Waals surface area contributed by atoms with Crippen molar-refractivity contribution >= 4 is 8.80 Å². The molecule has 0 heterocycles. The summed E-state index contributed by atoms with van der Waals surface area (Å²) in [5.74, 6) is 0. The second-order valence-electron chi connectivity index (χ2n) is 4.84. The van der Waals surface area contributed by atoms with Gasteiger partial charge in [-0.1, -0.05) is 32.9 Å². The number of hydrogen-bond acceptors (Lipinski definition) is 3. The summed E-state index contributed by atoms with van der Waals surface area (Å²) in [6.45, 7) is 10.6. The van der Waals surface area contributed by atoms with Crippen LogP contribution in [0.1, 0.15) is 53.4 Å². The Morgan fingerprint density at radius 2 is 1.37 bits per heavy atom.